The quantitative estimate of drug-likeness (QED) is 0.822. The molecule has 0 saturated heterocycles. The highest BCUT2D eigenvalue weighted by atomic mass is 14.7. The van der Waals surface area contributed by atoms with Gasteiger partial charge in [0.1, 0.15) is 0 Å². The van der Waals surface area contributed by atoms with Gasteiger partial charge in [-0.05, 0) is 24.5 Å². The van der Waals surface area contributed by atoms with Crippen molar-refractivity contribution in [3.8, 4) is 12.3 Å². The van der Waals surface area contributed by atoms with Crippen molar-refractivity contribution in [3.63, 3.8) is 0 Å². The molecule has 2 unspecified atom stereocenters. The Morgan fingerprint density at radius 3 is 2.11 bits per heavy atom. The van der Waals surface area contributed by atoms with Crippen LogP contribution < -0.4 is 5.73 Å². The van der Waals surface area contributed by atoms with Crippen molar-refractivity contribution < 1.29 is 0 Å². The summed E-state index contributed by atoms with van der Waals surface area (Å²) in [5.74, 6) is 2.90. The Morgan fingerprint density at radius 1 is 1.05 bits per heavy atom. The van der Waals surface area contributed by atoms with E-state index in [1.807, 2.05) is 43.3 Å². The molecule has 2 aromatic carbocycles. The lowest BCUT2D eigenvalue weighted by atomic mass is 9.81. The first-order valence-electron chi connectivity index (χ1n) is 6.49. The molecular weight excluding hydrogens is 230 g/mol. The molecule has 0 amide bonds. The molecule has 0 radical (unpaired) electrons. The van der Waals surface area contributed by atoms with E-state index in [1.54, 1.807) is 0 Å². The molecule has 1 heteroatoms. The summed E-state index contributed by atoms with van der Waals surface area (Å²) in [7, 11) is 0. The fourth-order valence-electron chi connectivity index (χ4n) is 2.32. The van der Waals surface area contributed by atoms with Gasteiger partial charge in [0.05, 0.1) is 0 Å². The largest absolute Gasteiger partial charge is 0.322 e. The molecule has 1 nitrogen and oxygen atoms in total. The first-order chi connectivity index (χ1) is 9.13. The van der Waals surface area contributed by atoms with Gasteiger partial charge in [-0.1, -0.05) is 66.6 Å². The molecule has 2 aromatic rings. The predicted molar refractivity (Wildman–Crippen MR) is 80.6 cm³/mol. The molecule has 0 spiro atoms. The van der Waals surface area contributed by atoms with Crippen LogP contribution in [0, 0.1) is 12.3 Å². The normalized spacial score (nSPS) is 15.2. The van der Waals surface area contributed by atoms with Crippen LogP contribution in [0.3, 0.4) is 0 Å². The highest BCUT2D eigenvalue weighted by Crippen LogP contribution is 2.30. The zero-order valence-corrected chi connectivity index (χ0v) is 11.2. The van der Waals surface area contributed by atoms with Gasteiger partial charge in [-0.2, -0.15) is 0 Å². The molecule has 0 aliphatic carbocycles. The van der Waals surface area contributed by atoms with Gasteiger partial charge >= 0.3 is 0 Å². The van der Waals surface area contributed by atoms with E-state index in [2.05, 4.69) is 30.2 Å². The van der Waals surface area contributed by atoms with E-state index >= 15 is 0 Å². The number of nitrogens with two attached hydrogens (primary N) is 1. The van der Waals surface area contributed by atoms with Crippen LogP contribution >= 0.6 is 0 Å². The smallest absolute Gasteiger partial charge is 0.0470 e. The summed E-state index contributed by atoms with van der Waals surface area (Å²) in [4.78, 5) is 0. The summed E-state index contributed by atoms with van der Waals surface area (Å²) in [6, 6.07) is 20.3. The summed E-state index contributed by atoms with van der Waals surface area (Å²) in [5, 5.41) is 0. The summed E-state index contributed by atoms with van der Waals surface area (Å²) < 4.78 is 0. The van der Waals surface area contributed by atoms with Crippen LogP contribution in [0.4, 0.5) is 0 Å². The highest BCUT2D eigenvalue weighted by Gasteiger charge is 2.25. The molecule has 2 atom stereocenters. The summed E-state index contributed by atoms with van der Waals surface area (Å²) in [5.41, 5.74) is 8.30. The first kappa shape index (κ1) is 13.4. The van der Waals surface area contributed by atoms with E-state index in [0.29, 0.717) is 0 Å². The van der Waals surface area contributed by atoms with E-state index < -0.39 is 5.54 Å². The van der Waals surface area contributed by atoms with Crippen molar-refractivity contribution >= 4 is 0 Å². The van der Waals surface area contributed by atoms with Gasteiger partial charge in [-0.15, -0.1) is 6.42 Å². The van der Waals surface area contributed by atoms with Gasteiger partial charge in [-0.3, -0.25) is 0 Å². The topological polar surface area (TPSA) is 26.0 Å². The molecule has 0 saturated carbocycles. The molecular formula is C18H19N. The van der Waals surface area contributed by atoms with Crippen LogP contribution in [0.15, 0.2) is 60.7 Å². The van der Waals surface area contributed by atoms with E-state index in [4.69, 9.17) is 12.2 Å². The minimum atomic E-state index is -0.422. The van der Waals surface area contributed by atoms with Gasteiger partial charge in [-0.25, -0.2) is 0 Å². The van der Waals surface area contributed by atoms with Crippen molar-refractivity contribution in [3.05, 3.63) is 71.8 Å². The van der Waals surface area contributed by atoms with Crippen LogP contribution in [0.2, 0.25) is 0 Å². The number of hydrogen-bond donors (Lipinski definition) is 1. The Morgan fingerprint density at radius 2 is 1.58 bits per heavy atom. The molecule has 0 heterocycles. The maximum absolute atomic E-state index is 6.46. The fraction of sp³-hybridized carbons (Fsp3) is 0.222. The van der Waals surface area contributed by atoms with Crippen LogP contribution in [-0.4, -0.2) is 0 Å². The minimum Gasteiger partial charge on any atom is -0.322 e. The van der Waals surface area contributed by atoms with Crippen LogP contribution in [0.1, 0.15) is 30.4 Å². The van der Waals surface area contributed by atoms with E-state index in [0.717, 1.165) is 17.5 Å². The Bertz CT molecular complexity index is 549. The summed E-state index contributed by atoms with van der Waals surface area (Å²) >= 11 is 0. The van der Waals surface area contributed by atoms with Gasteiger partial charge in [0, 0.05) is 11.5 Å². The van der Waals surface area contributed by atoms with E-state index in [-0.39, 0.29) is 5.92 Å². The Balaban J connectivity index is 2.22. The fourth-order valence-corrected chi connectivity index (χ4v) is 2.32. The zero-order valence-electron chi connectivity index (χ0n) is 11.2. The van der Waals surface area contributed by atoms with Crippen LogP contribution in [-0.2, 0) is 5.54 Å². The number of terminal acetylenes is 1. The summed E-state index contributed by atoms with van der Waals surface area (Å²) in [6.45, 7) is 2.04. The Labute approximate surface area is 115 Å². The zero-order chi connectivity index (χ0) is 13.7. The third-order valence-electron chi connectivity index (χ3n) is 3.46. The van der Waals surface area contributed by atoms with Crippen LogP contribution in [0.25, 0.3) is 0 Å². The van der Waals surface area contributed by atoms with Crippen molar-refractivity contribution in [1.29, 1.82) is 0 Å². The second-order valence-electron chi connectivity index (χ2n) is 5.12. The van der Waals surface area contributed by atoms with Crippen molar-refractivity contribution in [2.75, 3.05) is 0 Å². The lowest BCUT2D eigenvalue weighted by Crippen LogP contribution is -2.34. The number of rotatable bonds is 4. The van der Waals surface area contributed by atoms with Gasteiger partial charge in [0.15, 0.2) is 0 Å². The third-order valence-corrected chi connectivity index (χ3v) is 3.46. The Kier molecular flexibility index (Phi) is 4.04. The van der Waals surface area contributed by atoms with Crippen molar-refractivity contribution in [1.82, 2.24) is 0 Å². The third kappa shape index (κ3) is 3.24. The molecule has 2 N–H and O–H groups in total. The van der Waals surface area contributed by atoms with E-state index in [1.165, 1.54) is 0 Å². The lowest BCUT2D eigenvalue weighted by Gasteiger charge is -2.28. The van der Waals surface area contributed by atoms with Gasteiger partial charge < -0.3 is 5.73 Å². The molecule has 2 rings (SSSR count). The number of benzene rings is 2. The second-order valence-corrected chi connectivity index (χ2v) is 5.12. The molecule has 0 aromatic heterocycles. The van der Waals surface area contributed by atoms with E-state index in [9.17, 15) is 0 Å². The standard InChI is InChI=1S/C18H19N/c1-3-15(16-10-6-4-7-11-16)14-18(2,19)17-12-8-5-9-13-17/h1,4-13,15H,14,19H2,2H3. The molecule has 0 aliphatic heterocycles. The maximum atomic E-state index is 6.46. The van der Waals surface area contributed by atoms with Crippen LogP contribution in [0.5, 0.6) is 0 Å². The van der Waals surface area contributed by atoms with Crippen molar-refractivity contribution in [2.45, 2.75) is 24.8 Å². The second kappa shape index (κ2) is 5.73. The maximum Gasteiger partial charge on any atom is 0.0470 e. The molecule has 0 bridgehead atoms. The van der Waals surface area contributed by atoms with Crippen molar-refractivity contribution in [2.24, 2.45) is 5.73 Å². The SMILES string of the molecule is C#CC(CC(C)(N)c1ccccc1)c1ccccc1. The number of hydrogen-bond acceptors (Lipinski definition) is 1. The molecule has 96 valence electrons. The average Bonchev–Trinajstić information content (AvgIpc) is 2.47. The lowest BCUT2D eigenvalue weighted by molar-refractivity contribution is 0.436. The molecule has 19 heavy (non-hydrogen) atoms. The highest BCUT2D eigenvalue weighted by molar-refractivity contribution is 5.30. The predicted octanol–water partition coefficient (Wildman–Crippen LogP) is 3.67. The monoisotopic (exact) mass is 249 g/mol. The molecule has 0 fully saturated rings. The Hall–Kier alpha value is -2.04. The van der Waals surface area contributed by atoms with Gasteiger partial charge in [0.25, 0.3) is 0 Å². The first-order valence-corrected chi connectivity index (χ1v) is 6.49. The minimum absolute atomic E-state index is 0.0383. The van der Waals surface area contributed by atoms with Gasteiger partial charge in [0.2, 0.25) is 0 Å². The summed E-state index contributed by atoms with van der Waals surface area (Å²) in [6.07, 6.45) is 6.42. The average molecular weight is 249 g/mol. The molecule has 0 aliphatic rings.